The van der Waals surface area contributed by atoms with Gasteiger partial charge in [-0.25, -0.2) is 4.79 Å². The average Bonchev–Trinajstić information content (AvgIpc) is 3.49. The highest BCUT2D eigenvalue weighted by Gasteiger charge is 2.40. The SMILES string of the molecule is CC(O)C(NC(=O)C1CCCN1)C(=O)N1CCCC1C(=O)NC(Cc1ccccc1)C(=O)O. The number of nitrogens with one attached hydrogen (secondary N) is 3. The summed E-state index contributed by atoms with van der Waals surface area (Å²) in [6.07, 6.45) is 1.40. The van der Waals surface area contributed by atoms with E-state index in [0.29, 0.717) is 25.8 Å². The first-order chi connectivity index (χ1) is 15.8. The molecule has 0 aromatic heterocycles. The molecule has 0 aliphatic carbocycles. The van der Waals surface area contributed by atoms with Crippen LogP contribution < -0.4 is 16.0 Å². The molecule has 0 bridgehead atoms. The molecule has 2 aliphatic heterocycles. The zero-order valence-corrected chi connectivity index (χ0v) is 18.7. The molecule has 2 heterocycles. The van der Waals surface area contributed by atoms with Gasteiger partial charge in [-0.2, -0.15) is 0 Å². The number of hydrogen-bond donors (Lipinski definition) is 5. The summed E-state index contributed by atoms with van der Waals surface area (Å²) in [6.45, 7) is 2.41. The van der Waals surface area contributed by atoms with Crippen LogP contribution in [0.1, 0.15) is 38.2 Å². The van der Waals surface area contributed by atoms with Crippen LogP contribution in [0.25, 0.3) is 0 Å². The minimum atomic E-state index is -1.19. The molecule has 3 rings (SSSR count). The first-order valence-electron chi connectivity index (χ1n) is 11.4. The number of aliphatic carboxylic acids is 1. The van der Waals surface area contributed by atoms with Crippen molar-refractivity contribution in [2.24, 2.45) is 0 Å². The van der Waals surface area contributed by atoms with Gasteiger partial charge in [-0.05, 0) is 44.7 Å². The summed E-state index contributed by atoms with van der Waals surface area (Å²) in [6, 6.07) is 5.36. The van der Waals surface area contributed by atoms with Crippen LogP contribution in [0, 0.1) is 0 Å². The van der Waals surface area contributed by atoms with Gasteiger partial charge in [0, 0.05) is 13.0 Å². The number of carboxylic acids is 1. The highest BCUT2D eigenvalue weighted by molar-refractivity contribution is 5.95. The molecule has 5 N–H and O–H groups in total. The van der Waals surface area contributed by atoms with Crippen LogP contribution in [0.15, 0.2) is 30.3 Å². The minimum absolute atomic E-state index is 0.114. The number of nitrogens with zero attached hydrogens (tertiary/aromatic N) is 1. The zero-order valence-electron chi connectivity index (χ0n) is 18.7. The van der Waals surface area contributed by atoms with Crippen LogP contribution in [0.2, 0.25) is 0 Å². The Bertz CT molecular complexity index is 856. The number of likely N-dealkylation sites (tertiary alicyclic amines) is 1. The van der Waals surface area contributed by atoms with Crippen molar-refractivity contribution in [3.8, 4) is 0 Å². The minimum Gasteiger partial charge on any atom is -0.480 e. The molecule has 1 aromatic carbocycles. The van der Waals surface area contributed by atoms with Gasteiger partial charge in [-0.3, -0.25) is 14.4 Å². The van der Waals surface area contributed by atoms with Crippen LogP contribution in [0.5, 0.6) is 0 Å². The third-order valence-corrected chi connectivity index (χ3v) is 6.16. The summed E-state index contributed by atoms with van der Waals surface area (Å²) < 4.78 is 0. The van der Waals surface area contributed by atoms with Crippen molar-refractivity contribution in [2.45, 2.75) is 69.3 Å². The molecule has 33 heavy (non-hydrogen) atoms. The summed E-state index contributed by atoms with van der Waals surface area (Å²) in [5.74, 6) is -2.64. The van der Waals surface area contributed by atoms with Crippen molar-refractivity contribution in [2.75, 3.05) is 13.1 Å². The van der Waals surface area contributed by atoms with E-state index in [0.717, 1.165) is 12.0 Å². The molecule has 5 atom stereocenters. The maximum Gasteiger partial charge on any atom is 0.326 e. The average molecular weight is 461 g/mol. The lowest BCUT2D eigenvalue weighted by atomic mass is 10.0. The zero-order chi connectivity index (χ0) is 24.0. The fourth-order valence-electron chi connectivity index (χ4n) is 4.35. The van der Waals surface area contributed by atoms with Gasteiger partial charge in [0.15, 0.2) is 0 Å². The second kappa shape index (κ2) is 11.2. The van der Waals surface area contributed by atoms with E-state index in [1.165, 1.54) is 11.8 Å². The predicted octanol–water partition coefficient (Wildman–Crippen LogP) is -0.593. The van der Waals surface area contributed by atoms with E-state index < -0.39 is 48.1 Å². The summed E-state index contributed by atoms with van der Waals surface area (Å²) >= 11 is 0. The lowest BCUT2D eigenvalue weighted by molar-refractivity contribution is -0.146. The van der Waals surface area contributed by atoms with Gasteiger partial charge < -0.3 is 31.1 Å². The molecule has 0 spiro atoms. The third-order valence-electron chi connectivity index (χ3n) is 6.16. The highest BCUT2D eigenvalue weighted by atomic mass is 16.4. The number of hydrogen-bond acceptors (Lipinski definition) is 6. The maximum absolute atomic E-state index is 13.2. The van der Waals surface area contributed by atoms with Gasteiger partial charge in [0.05, 0.1) is 12.1 Å². The number of carbonyl (C=O) groups is 4. The van der Waals surface area contributed by atoms with Crippen molar-refractivity contribution in [3.63, 3.8) is 0 Å². The topological polar surface area (TPSA) is 148 Å². The molecular weight excluding hydrogens is 428 g/mol. The third kappa shape index (κ3) is 6.29. The first-order valence-corrected chi connectivity index (χ1v) is 11.4. The molecule has 0 saturated carbocycles. The molecule has 2 fully saturated rings. The Labute approximate surface area is 192 Å². The summed E-state index contributed by atoms with van der Waals surface area (Å²) in [7, 11) is 0. The molecule has 2 saturated heterocycles. The largest absolute Gasteiger partial charge is 0.480 e. The summed E-state index contributed by atoms with van der Waals surface area (Å²) in [5.41, 5.74) is 0.766. The second-order valence-electron chi connectivity index (χ2n) is 8.65. The monoisotopic (exact) mass is 460 g/mol. The standard InChI is InChI=1S/C23H32N4O6/c1-14(28)19(26-20(29)16-9-5-11-24-16)22(31)27-12-6-10-18(27)21(30)25-17(23(32)33)13-15-7-3-2-4-8-15/h2-4,7-8,14,16-19,24,28H,5-6,9-13H2,1H3,(H,25,30)(H,26,29)(H,32,33). The van der Waals surface area contributed by atoms with Gasteiger partial charge >= 0.3 is 5.97 Å². The van der Waals surface area contributed by atoms with E-state index in [9.17, 15) is 29.4 Å². The molecule has 10 nitrogen and oxygen atoms in total. The number of rotatable bonds is 9. The van der Waals surface area contributed by atoms with Crippen molar-refractivity contribution < 1.29 is 29.4 Å². The van der Waals surface area contributed by atoms with E-state index in [4.69, 9.17) is 0 Å². The second-order valence-corrected chi connectivity index (χ2v) is 8.65. The van der Waals surface area contributed by atoms with Crippen LogP contribution in [0.4, 0.5) is 0 Å². The number of aliphatic hydroxyl groups excluding tert-OH is 1. The Balaban J connectivity index is 1.66. The van der Waals surface area contributed by atoms with Crippen LogP contribution in [0.3, 0.4) is 0 Å². The summed E-state index contributed by atoms with van der Waals surface area (Å²) in [5, 5.41) is 28.0. The lowest BCUT2D eigenvalue weighted by Crippen LogP contribution is -2.59. The van der Waals surface area contributed by atoms with Gasteiger partial charge in [-0.1, -0.05) is 30.3 Å². The normalized spacial score (nSPS) is 22.9. The molecule has 3 amide bonds. The Kier molecular flexibility index (Phi) is 8.40. The van der Waals surface area contributed by atoms with Gasteiger partial charge in [0.2, 0.25) is 17.7 Å². The predicted molar refractivity (Wildman–Crippen MR) is 119 cm³/mol. The van der Waals surface area contributed by atoms with Crippen LogP contribution in [-0.2, 0) is 25.6 Å². The smallest absolute Gasteiger partial charge is 0.326 e. The number of carboxylic acid groups (broad SMARTS) is 1. The number of aliphatic hydroxyl groups is 1. The fraction of sp³-hybridized carbons (Fsp3) is 0.565. The van der Waals surface area contributed by atoms with Gasteiger partial charge in [0.1, 0.15) is 18.1 Å². The number of benzene rings is 1. The van der Waals surface area contributed by atoms with Crippen LogP contribution >= 0.6 is 0 Å². The van der Waals surface area contributed by atoms with Gasteiger partial charge in [-0.15, -0.1) is 0 Å². The van der Waals surface area contributed by atoms with Crippen molar-refractivity contribution >= 4 is 23.7 Å². The molecule has 10 heteroatoms. The Hall–Kier alpha value is -2.98. The molecule has 2 aliphatic rings. The van der Waals surface area contributed by atoms with E-state index in [1.807, 2.05) is 6.07 Å². The molecule has 1 aromatic rings. The van der Waals surface area contributed by atoms with Gasteiger partial charge in [0.25, 0.3) is 0 Å². The maximum atomic E-state index is 13.2. The first kappa shape index (κ1) is 24.7. The Morgan fingerprint density at radius 1 is 1.09 bits per heavy atom. The number of amides is 3. The van der Waals surface area contributed by atoms with E-state index >= 15 is 0 Å². The fourth-order valence-corrected chi connectivity index (χ4v) is 4.35. The Morgan fingerprint density at radius 3 is 2.42 bits per heavy atom. The van der Waals surface area contributed by atoms with Crippen molar-refractivity contribution in [1.82, 2.24) is 20.9 Å². The molecule has 180 valence electrons. The van der Waals surface area contributed by atoms with E-state index in [2.05, 4.69) is 16.0 Å². The lowest BCUT2D eigenvalue weighted by Gasteiger charge is -2.31. The summed E-state index contributed by atoms with van der Waals surface area (Å²) in [4.78, 5) is 51.7. The van der Waals surface area contributed by atoms with Crippen molar-refractivity contribution in [3.05, 3.63) is 35.9 Å². The number of carbonyl (C=O) groups excluding carboxylic acids is 3. The molecule has 5 unspecified atom stereocenters. The van der Waals surface area contributed by atoms with E-state index in [1.54, 1.807) is 24.3 Å². The van der Waals surface area contributed by atoms with Crippen LogP contribution in [-0.4, -0.2) is 82.2 Å². The Morgan fingerprint density at radius 2 is 1.82 bits per heavy atom. The van der Waals surface area contributed by atoms with E-state index in [-0.39, 0.29) is 18.9 Å². The quantitative estimate of drug-likeness (QED) is 0.331. The molecular formula is C23H32N4O6. The van der Waals surface area contributed by atoms with Crippen molar-refractivity contribution in [1.29, 1.82) is 0 Å². The molecule has 0 radical (unpaired) electrons. The highest BCUT2D eigenvalue weighted by Crippen LogP contribution is 2.20.